The van der Waals surface area contributed by atoms with Crippen LogP contribution in [0.2, 0.25) is 5.02 Å². The molecule has 3 aromatic rings. The van der Waals surface area contributed by atoms with Gasteiger partial charge in [0.15, 0.2) is 0 Å². The maximum absolute atomic E-state index is 13.2. The molecular formula is C23H22ClFN2O5S. The summed E-state index contributed by atoms with van der Waals surface area (Å²) in [5, 5.41) is 2.78. The Morgan fingerprint density at radius 1 is 1.03 bits per heavy atom. The van der Waals surface area contributed by atoms with Gasteiger partial charge in [-0.3, -0.25) is 9.10 Å². The maximum atomic E-state index is 13.2. The van der Waals surface area contributed by atoms with Crippen LogP contribution >= 0.6 is 11.6 Å². The molecule has 0 aliphatic rings. The van der Waals surface area contributed by atoms with Crippen LogP contribution in [0.1, 0.15) is 10.4 Å². The van der Waals surface area contributed by atoms with Crippen molar-refractivity contribution in [2.45, 2.75) is 4.90 Å². The number of hydrogen-bond acceptors (Lipinski definition) is 5. The van der Waals surface area contributed by atoms with E-state index < -0.39 is 21.7 Å². The summed E-state index contributed by atoms with van der Waals surface area (Å²) in [7, 11) is -1.10. The van der Waals surface area contributed by atoms with E-state index in [-0.39, 0.29) is 21.2 Å². The van der Waals surface area contributed by atoms with Crippen LogP contribution in [0.15, 0.2) is 71.6 Å². The van der Waals surface area contributed by atoms with Crippen molar-refractivity contribution in [1.29, 1.82) is 0 Å². The average molecular weight is 493 g/mol. The fourth-order valence-corrected chi connectivity index (χ4v) is 4.29. The van der Waals surface area contributed by atoms with E-state index in [2.05, 4.69) is 5.32 Å². The smallest absolute Gasteiger partial charge is 0.264 e. The van der Waals surface area contributed by atoms with Crippen molar-refractivity contribution in [3.05, 3.63) is 83.1 Å². The number of nitrogens with one attached hydrogen (secondary N) is 1. The highest BCUT2D eigenvalue weighted by atomic mass is 35.5. The molecule has 33 heavy (non-hydrogen) atoms. The van der Waals surface area contributed by atoms with Crippen molar-refractivity contribution in [3.63, 3.8) is 0 Å². The number of amides is 1. The number of carbonyl (C=O) groups is 1. The van der Waals surface area contributed by atoms with Crippen LogP contribution in [0.4, 0.5) is 15.8 Å². The van der Waals surface area contributed by atoms with Crippen LogP contribution < -0.4 is 14.4 Å². The Morgan fingerprint density at radius 3 is 2.33 bits per heavy atom. The molecule has 0 saturated carbocycles. The molecule has 7 nitrogen and oxygen atoms in total. The molecule has 0 radical (unpaired) electrons. The average Bonchev–Trinajstić information content (AvgIpc) is 2.80. The van der Waals surface area contributed by atoms with E-state index in [0.29, 0.717) is 24.7 Å². The van der Waals surface area contributed by atoms with Gasteiger partial charge in [-0.15, -0.1) is 0 Å². The molecule has 0 bridgehead atoms. The third kappa shape index (κ3) is 6.01. The first-order valence-electron chi connectivity index (χ1n) is 9.79. The third-order valence-electron chi connectivity index (χ3n) is 4.70. The van der Waals surface area contributed by atoms with E-state index >= 15 is 0 Å². The Morgan fingerprint density at radius 2 is 1.70 bits per heavy atom. The number of benzene rings is 3. The van der Waals surface area contributed by atoms with Crippen molar-refractivity contribution in [1.82, 2.24) is 0 Å². The molecule has 1 amide bonds. The quantitative estimate of drug-likeness (QED) is 0.442. The molecule has 0 heterocycles. The molecular weight excluding hydrogens is 471 g/mol. The third-order valence-corrected chi connectivity index (χ3v) is 6.81. The second kappa shape index (κ2) is 10.7. The predicted octanol–water partition coefficient (Wildman–Crippen LogP) is 4.58. The van der Waals surface area contributed by atoms with E-state index in [4.69, 9.17) is 21.1 Å². The van der Waals surface area contributed by atoms with Gasteiger partial charge in [0.1, 0.15) is 18.2 Å². The highest BCUT2D eigenvalue weighted by molar-refractivity contribution is 7.92. The van der Waals surface area contributed by atoms with E-state index in [1.165, 1.54) is 37.4 Å². The number of ether oxygens (including phenoxy) is 2. The van der Waals surface area contributed by atoms with Gasteiger partial charge in [-0.05, 0) is 66.7 Å². The van der Waals surface area contributed by atoms with Crippen LogP contribution in [-0.4, -0.2) is 41.7 Å². The molecule has 10 heteroatoms. The summed E-state index contributed by atoms with van der Waals surface area (Å²) in [5.74, 6) is -0.445. The number of methoxy groups -OCH3 is 1. The van der Waals surface area contributed by atoms with Gasteiger partial charge >= 0.3 is 0 Å². The number of carbonyl (C=O) groups excluding carboxylic acids is 1. The molecule has 0 fully saturated rings. The Bertz CT molecular complexity index is 1220. The normalized spacial score (nSPS) is 11.2. The Kier molecular flexibility index (Phi) is 7.91. The minimum atomic E-state index is -4.02. The topological polar surface area (TPSA) is 84.9 Å². The second-order valence-electron chi connectivity index (χ2n) is 6.91. The van der Waals surface area contributed by atoms with Crippen molar-refractivity contribution in [2.75, 3.05) is 37.0 Å². The van der Waals surface area contributed by atoms with Gasteiger partial charge in [0.25, 0.3) is 15.9 Å². The van der Waals surface area contributed by atoms with E-state index in [0.717, 1.165) is 16.4 Å². The zero-order valence-electron chi connectivity index (χ0n) is 17.9. The van der Waals surface area contributed by atoms with Gasteiger partial charge in [-0.1, -0.05) is 11.6 Å². The molecule has 174 valence electrons. The lowest BCUT2D eigenvalue weighted by atomic mass is 10.2. The van der Waals surface area contributed by atoms with Gasteiger partial charge in [-0.2, -0.15) is 0 Å². The van der Waals surface area contributed by atoms with Crippen LogP contribution in [0.5, 0.6) is 5.75 Å². The maximum Gasteiger partial charge on any atom is 0.264 e. The largest absolute Gasteiger partial charge is 0.491 e. The fraction of sp³-hybridized carbons (Fsp3) is 0.174. The highest BCUT2D eigenvalue weighted by Gasteiger charge is 2.24. The summed E-state index contributed by atoms with van der Waals surface area (Å²) >= 11 is 6.17. The lowest BCUT2D eigenvalue weighted by Gasteiger charge is -2.20. The van der Waals surface area contributed by atoms with Crippen LogP contribution in [0.3, 0.4) is 0 Å². The molecule has 0 aromatic heterocycles. The molecule has 0 spiro atoms. The number of anilines is 2. The van der Waals surface area contributed by atoms with Gasteiger partial charge < -0.3 is 14.8 Å². The zero-order chi connectivity index (χ0) is 24.0. The molecule has 3 aromatic carbocycles. The fourth-order valence-electron chi connectivity index (χ4n) is 2.86. The summed E-state index contributed by atoms with van der Waals surface area (Å²) < 4.78 is 50.7. The van der Waals surface area contributed by atoms with Gasteiger partial charge in [-0.25, -0.2) is 12.8 Å². The molecule has 0 aliphatic carbocycles. The first-order chi connectivity index (χ1) is 15.7. The lowest BCUT2D eigenvalue weighted by molar-refractivity contribution is 0.102. The van der Waals surface area contributed by atoms with Gasteiger partial charge in [0.05, 0.1) is 27.8 Å². The van der Waals surface area contributed by atoms with E-state index in [9.17, 15) is 17.6 Å². The zero-order valence-corrected chi connectivity index (χ0v) is 19.5. The number of halogens is 2. The second-order valence-corrected chi connectivity index (χ2v) is 9.29. The van der Waals surface area contributed by atoms with Crippen molar-refractivity contribution >= 4 is 38.9 Å². The van der Waals surface area contributed by atoms with Gasteiger partial charge in [0.2, 0.25) is 0 Å². The van der Waals surface area contributed by atoms with Crippen LogP contribution in [0, 0.1) is 5.82 Å². The van der Waals surface area contributed by atoms with Crippen LogP contribution in [-0.2, 0) is 14.8 Å². The predicted molar refractivity (Wildman–Crippen MR) is 125 cm³/mol. The minimum absolute atomic E-state index is 0.00864. The molecule has 0 aliphatic heterocycles. The van der Waals surface area contributed by atoms with Crippen molar-refractivity contribution in [2.24, 2.45) is 0 Å². The number of nitrogens with zero attached hydrogens (tertiary/aromatic N) is 1. The molecule has 0 atom stereocenters. The minimum Gasteiger partial charge on any atom is -0.491 e. The van der Waals surface area contributed by atoms with Crippen LogP contribution in [0.25, 0.3) is 0 Å². The summed E-state index contributed by atoms with van der Waals surface area (Å²) in [6.07, 6.45) is 0. The number of rotatable bonds is 9. The SMILES string of the molecule is COCCOc1ccc(NC(=O)c2cc(S(=O)(=O)N(C)c3ccc(F)cc3)ccc2Cl)cc1. The molecule has 0 saturated heterocycles. The first kappa shape index (κ1) is 24.5. The Balaban J connectivity index is 1.79. The number of hydrogen-bond donors (Lipinski definition) is 1. The summed E-state index contributed by atoms with van der Waals surface area (Å²) in [6, 6.07) is 15.5. The van der Waals surface area contributed by atoms with Crippen molar-refractivity contribution < 1.29 is 27.1 Å². The highest BCUT2D eigenvalue weighted by Crippen LogP contribution is 2.27. The van der Waals surface area contributed by atoms with E-state index in [1.807, 2.05) is 0 Å². The van der Waals surface area contributed by atoms with Gasteiger partial charge in [0, 0.05) is 19.8 Å². The monoisotopic (exact) mass is 492 g/mol. The summed E-state index contributed by atoms with van der Waals surface area (Å²) in [5.41, 5.74) is 0.739. The summed E-state index contributed by atoms with van der Waals surface area (Å²) in [6.45, 7) is 0.845. The Hall–Kier alpha value is -3.14. The summed E-state index contributed by atoms with van der Waals surface area (Å²) in [4.78, 5) is 12.7. The molecule has 0 unspecified atom stereocenters. The molecule has 3 rings (SSSR count). The van der Waals surface area contributed by atoms with E-state index in [1.54, 1.807) is 31.4 Å². The Labute approximate surface area is 196 Å². The lowest BCUT2D eigenvalue weighted by Crippen LogP contribution is -2.27. The number of sulfonamides is 1. The van der Waals surface area contributed by atoms with Crippen molar-refractivity contribution in [3.8, 4) is 5.75 Å². The molecule has 1 N–H and O–H groups in total. The standard InChI is InChI=1S/C23H22ClFN2O5S/c1-27(18-7-3-16(25)4-8-18)33(29,30)20-11-12-22(24)21(15-20)23(28)26-17-5-9-19(10-6-17)32-14-13-31-2/h3-12,15H,13-14H2,1-2H3,(H,26,28). The first-order valence-corrected chi connectivity index (χ1v) is 11.6.